The zero-order chi connectivity index (χ0) is 105. The minimum atomic E-state index is -1.48. The van der Waals surface area contributed by atoms with Gasteiger partial charge in [-0.3, -0.25) is 0 Å². The van der Waals surface area contributed by atoms with E-state index in [2.05, 4.69) is 47.6 Å². The van der Waals surface area contributed by atoms with Gasteiger partial charge >= 0.3 is 47.8 Å². The van der Waals surface area contributed by atoms with E-state index in [1.165, 1.54) is 126 Å². The van der Waals surface area contributed by atoms with Crippen LogP contribution >= 0.6 is 0 Å². The number of benzene rings is 4. The summed E-state index contributed by atoms with van der Waals surface area (Å²) in [4.78, 5) is 147. The number of carboxylic acid groups (broad SMARTS) is 8. The van der Waals surface area contributed by atoms with Gasteiger partial charge in [-0.15, -0.1) is 0 Å². The van der Waals surface area contributed by atoms with E-state index in [0.29, 0.717) is 59.1 Å². The van der Waals surface area contributed by atoms with Crippen molar-refractivity contribution in [1.82, 2.24) is 39.9 Å². The number of H-pyrrole nitrogens is 4. The molecule has 28 heteroatoms. The van der Waals surface area contributed by atoms with Gasteiger partial charge in [-0.2, -0.15) is 0 Å². The van der Waals surface area contributed by atoms with E-state index in [0.717, 1.165) is 154 Å². The number of unbranched alkanes of at least 4 members (excludes halogenated alkanes) is 36. The lowest BCUT2D eigenvalue weighted by atomic mass is 9.97. The van der Waals surface area contributed by atoms with Crippen molar-refractivity contribution in [2.45, 2.75) is 285 Å². The van der Waals surface area contributed by atoms with Gasteiger partial charge in [0.05, 0.1) is 72.0 Å². The van der Waals surface area contributed by atoms with Crippen molar-refractivity contribution in [3.63, 3.8) is 0 Å². The molecule has 4 aliphatic heterocycles. The molecule has 0 atom stereocenters. The number of carboxylic acids is 8. The van der Waals surface area contributed by atoms with E-state index >= 15 is 0 Å². The van der Waals surface area contributed by atoms with Crippen molar-refractivity contribution in [2.75, 3.05) is 26.4 Å². The van der Waals surface area contributed by atoms with Gasteiger partial charge in [-0.1, -0.05) is 259 Å². The number of hydrogen-bond acceptors (Lipinski definition) is 16. The van der Waals surface area contributed by atoms with Gasteiger partial charge < -0.3 is 79.7 Å². The van der Waals surface area contributed by atoms with Crippen LogP contribution in [0.3, 0.4) is 0 Å². The molecular weight excluding hydrogens is 1870 g/mol. The number of fused-ring (bicyclic) bond motifs is 16. The molecule has 10 heterocycles. The summed E-state index contributed by atoms with van der Waals surface area (Å²) in [6.07, 6.45) is 54.0. The van der Waals surface area contributed by atoms with Crippen LogP contribution in [0.1, 0.15) is 413 Å². The fourth-order valence-electron chi connectivity index (χ4n) is 20.1. The standard InChI is InChI=1S/C120H138N8O20/c1-5-9-13-17-21-25-29-33-37-41-61-145-109-83(113(129)130)65-75(66-84(109)114(131)132)103-91-49-45-79(121-91)73-80-46-50-92(122-80)104(76-67-85(115(133)134)110(86(68-76)116(135)136)146-62-42-38-34-30-26-22-18-14-10-6-2)96-54-58-100(126-96)107(99-57-53-95(103)125-99)108-101-59-55-97(127-101)105(77-69-87(117(137)138)111(88(70-77)118(139)140)147-63-43-39-35-31-27-23-19-15-11-7-3)93-51-47-81(123-93)74-82-48-52-94(124-82)106(98-56-60-102(108)128-98)78-71-89(119(141)142)112(90(72-78)120(143)144)148-64-44-40-36-32-28-24-20-16-12-8-4/h45-60,65-74,121,123,126,128H,5-44,61-64H2,1-4H3,(H,129,130)(H,131,132)(H,133,134)(H,135,136)(H,137,138)(H,139,140)(H,141,142)(H,143,144). The van der Waals surface area contributed by atoms with E-state index in [-0.39, 0.29) is 161 Å². The van der Waals surface area contributed by atoms with E-state index in [4.69, 9.17) is 38.9 Å². The Balaban J connectivity index is 1.04. The van der Waals surface area contributed by atoms with E-state index < -0.39 is 92.3 Å². The van der Waals surface area contributed by atoms with Gasteiger partial charge in [0.15, 0.2) is 0 Å². The van der Waals surface area contributed by atoms with Crippen LogP contribution in [0.25, 0.3) is 148 Å². The summed E-state index contributed by atoms with van der Waals surface area (Å²) in [5.74, 6) is -13.2. The second-order valence-corrected chi connectivity index (χ2v) is 38.9. The third-order valence-electron chi connectivity index (χ3n) is 27.7. The zero-order valence-electron chi connectivity index (χ0n) is 85.4. The predicted octanol–water partition coefficient (Wildman–Crippen LogP) is 30.7. The fourth-order valence-corrected chi connectivity index (χ4v) is 20.1. The molecule has 4 aromatic carbocycles. The predicted molar refractivity (Wildman–Crippen MR) is 583 cm³/mol. The number of aromatic amines is 4. The highest BCUT2D eigenvalue weighted by molar-refractivity contribution is 6.10. The Morgan fingerprint density at radius 3 is 0.601 bits per heavy atom. The molecule has 0 aliphatic carbocycles. The molecule has 14 rings (SSSR count). The van der Waals surface area contributed by atoms with Gasteiger partial charge in [-0.25, -0.2) is 58.3 Å². The summed E-state index contributed by atoms with van der Waals surface area (Å²) < 4.78 is 25.1. The molecule has 0 spiro atoms. The van der Waals surface area contributed by atoms with Crippen molar-refractivity contribution in [1.29, 1.82) is 0 Å². The maximum atomic E-state index is 13.9. The number of rotatable bonds is 61. The first-order chi connectivity index (χ1) is 71.9. The monoisotopic (exact) mass is 2010 g/mol. The van der Waals surface area contributed by atoms with Crippen LogP contribution < -0.4 is 18.9 Å². The Bertz CT molecular complexity index is 6240. The summed E-state index contributed by atoms with van der Waals surface area (Å²) >= 11 is 0. The molecule has 0 fully saturated rings. The molecule has 12 N–H and O–H groups in total. The normalized spacial score (nSPS) is 11.9. The Labute approximate surface area is 862 Å². The van der Waals surface area contributed by atoms with Gasteiger partial charge in [-0.05, 0) is 206 Å². The Morgan fingerprint density at radius 2 is 0.385 bits per heavy atom. The van der Waals surface area contributed by atoms with Crippen molar-refractivity contribution >= 4 is 140 Å². The second kappa shape index (κ2) is 53.9. The highest BCUT2D eigenvalue weighted by atomic mass is 16.5. The number of hydrogen-bond donors (Lipinski definition) is 12. The molecule has 148 heavy (non-hydrogen) atoms. The molecular formula is C120H138N8O20. The number of ether oxygens (including phenoxy) is 4. The number of aromatic carboxylic acids is 8. The summed E-state index contributed by atoms with van der Waals surface area (Å²) in [5.41, 5.74) is 2.00. The summed E-state index contributed by atoms with van der Waals surface area (Å²) in [7, 11) is 0. The first kappa shape index (κ1) is 109. The lowest BCUT2D eigenvalue weighted by molar-refractivity contribution is 0.0666. The Hall–Kier alpha value is -15.0. The lowest BCUT2D eigenvalue weighted by Crippen LogP contribution is -2.11. The molecule has 28 nitrogen and oxygen atoms in total. The SMILES string of the molecule is CCCCCCCCCCCCOc1c(C(=O)O)cc(-c2c3nc(c(-c4c5nc(c(-c6cc(C(=O)O)c(OCCCCCCCCCCCC)c(C(=O)O)c6)c6ccc(cc7nc(c(-c8cc(C(=O)O)c(OCCCCCCCCCCCC)c(C(=O)O)c8)c8ccc4[nH]8)C=C7)[nH]6)C=C5)c4ccc([nH]4)c(-c4cc(C(=O)O)c(OCCCCCCCCCCCC)c(C(=O)O)c4)c4nc(cc5ccc2[nH]5)C=C4)C=C3)cc1C(=O)O. The van der Waals surface area contributed by atoms with Crippen LogP contribution in [-0.2, 0) is 0 Å². The maximum Gasteiger partial charge on any atom is 0.339 e. The Kier molecular flexibility index (Phi) is 39.6. The van der Waals surface area contributed by atoms with Gasteiger partial charge in [0, 0.05) is 77.5 Å². The molecule has 16 bridgehead atoms. The topological polar surface area (TPSA) is 450 Å². The molecule has 0 unspecified atom stereocenters. The molecule has 0 amide bonds. The van der Waals surface area contributed by atoms with Gasteiger partial charge in [0.2, 0.25) is 0 Å². The smallest absolute Gasteiger partial charge is 0.339 e. The Morgan fingerprint density at radius 1 is 0.209 bits per heavy atom. The summed E-state index contributed by atoms with van der Waals surface area (Å²) in [6.45, 7) is 8.82. The van der Waals surface area contributed by atoms with E-state index in [9.17, 15) is 79.2 Å². The van der Waals surface area contributed by atoms with Gasteiger partial charge in [0.1, 0.15) is 67.5 Å². The summed E-state index contributed by atoms with van der Waals surface area (Å²) in [5, 5.41) is 90.7. The number of nitrogens with zero attached hydrogens (tertiary/aromatic N) is 4. The number of aromatic nitrogens is 8. The van der Waals surface area contributed by atoms with E-state index in [1.54, 1.807) is 109 Å². The molecule has 0 radical (unpaired) electrons. The first-order valence-corrected chi connectivity index (χ1v) is 53.3. The number of carbonyl (C=O) groups is 8. The van der Waals surface area contributed by atoms with Crippen LogP contribution in [0, 0.1) is 0 Å². The van der Waals surface area contributed by atoms with Crippen molar-refractivity contribution < 1.29 is 98.2 Å². The van der Waals surface area contributed by atoms with Crippen LogP contribution in [-0.4, -0.2) is 155 Å². The molecule has 4 aliphatic rings. The van der Waals surface area contributed by atoms with Crippen LogP contribution in [0.5, 0.6) is 23.0 Å². The van der Waals surface area contributed by atoms with Crippen LogP contribution in [0.2, 0.25) is 0 Å². The average molecular weight is 2010 g/mol. The minimum absolute atomic E-state index is 0.0229. The van der Waals surface area contributed by atoms with Crippen LogP contribution in [0.4, 0.5) is 0 Å². The van der Waals surface area contributed by atoms with Crippen molar-refractivity contribution in [2.24, 2.45) is 0 Å². The third-order valence-corrected chi connectivity index (χ3v) is 27.7. The highest BCUT2D eigenvalue weighted by Crippen LogP contribution is 2.46. The molecule has 0 saturated heterocycles. The molecule has 10 aromatic rings. The molecule has 6 aromatic heterocycles. The third kappa shape index (κ3) is 28.1. The fraction of sp³-hybridized carbons (Fsp3) is 0.400. The van der Waals surface area contributed by atoms with Crippen molar-refractivity contribution in [3.8, 4) is 78.6 Å². The molecule has 778 valence electrons. The first-order valence-electron chi connectivity index (χ1n) is 53.3. The lowest BCUT2D eigenvalue weighted by Gasteiger charge is -2.15. The maximum absolute atomic E-state index is 13.9. The average Bonchev–Trinajstić information content (AvgIpc) is 1.59. The van der Waals surface area contributed by atoms with Crippen molar-refractivity contribution in [3.05, 3.63) is 199 Å². The second-order valence-electron chi connectivity index (χ2n) is 38.9. The minimum Gasteiger partial charge on any atom is -0.492 e. The summed E-state index contributed by atoms with van der Waals surface area (Å²) in [6, 6.07) is 28.0. The highest BCUT2D eigenvalue weighted by Gasteiger charge is 2.33. The quantitative estimate of drug-likeness (QED) is 0.0158. The largest absolute Gasteiger partial charge is 0.492 e. The zero-order valence-corrected chi connectivity index (χ0v) is 85.4. The van der Waals surface area contributed by atoms with Gasteiger partial charge in [0.25, 0.3) is 0 Å². The van der Waals surface area contributed by atoms with E-state index in [1.807, 2.05) is 0 Å². The van der Waals surface area contributed by atoms with Crippen LogP contribution in [0.15, 0.2) is 109 Å². The number of nitrogens with one attached hydrogen (secondary N) is 4. The molecule has 0 saturated carbocycles.